The molecule has 4 aromatic rings. The van der Waals surface area contributed by atoms with E-state index in [1.807, 2.05) is 121 Å². The van der Waals surface area contributed by atoms with E-state index >= 15 is 0 Å². The number of hydrogen-bond acceptors (Lipinski definition) is 2. The second-order valence-electron chi connectivity index (χ2n) is 7.06. The molecule has 0 radical (unpaired) electrons. The van der Waals surface area contributed by atoms with E-state index in [1.54, 1.807) is 0 Å². The Labute approximate surface area is 175 Å². The van der Waals surface area contributed by atoms with Gasteiger partial charge in [-0.15, -0.1) is 0 Å². The summed E-state index contributed by atoms with van der Waals surface area (Å²) in [6.07, 6.45) is 0. The summed E-state index contributed by atoms with van der Waals surface area (Å²) < 4.78 is 6.47. The predicted octanol–water partition coefficient (Wildman–Crippen LogP) is 4.16. The van der Waals surface area contributed by atoms with Gasteiger partial charge in [0.25, 0.3) is 0 Å². The molecule has 0 atom stereocenters. The van der Waals surface area contributed by atoms with Crippen molar-refractivity contribution >= 4 is 10.5 Å². The molecule has 0 aliphatic heterocycles. The van der Waals surface area contributed by atoms with Crippen LogP contribution < -0.4 is 0 Å². The van der Waals surface area contributed by atoms with Crippen LogP contribution in [0.3, 0.4) is 0 Å². The standard InChI is InChI=1S/C26H24O2Si/c27-25(21-13-5-1-6-14-21,22-15-7-2-8-16-22)26(28-29,23-17-9-3-10-18-23)24-19-11-4-12-20-24/h1-20,27H,29H3. The second-order valence-corrected chi connectivity index (χ2v) is 7.47. The maximum atomic E-state index is 12.7. The van der Waals surface area contributed by atoms with Crippen molar-refractivity contribution < 1.29 is 9.53 Å². The average molecular weight is 397 g/mol. The van der Waals surface area contributed by atoms with Crippen molar-refractivity contribution in [1.29, 1.82) is 0 Å². The Hall–Kier alpha value is -2.98. The molecular weight excluding hydrogens is 372 g/mol. The highest BCUT2D eigenvalue weighted by molar-refractivity contribution is 5.98. The molecule has 2 nitrogen and oxygen atoms in total. The summed E-state index contributed by atoms with van der Waals surface area (Å²) in [4.78, 5) is 0. The summed E-state index contributed by atoms with van der Waals surface area (Å²) >= 11 is 0. The summed E-state index contributed by atoms with van der Waals surface area (Å²) in [7, 11) is 0.439. The van der Waals surface area contributed by atoms with Gasteiger partial charge in [0, 0.05) is 0 Å². The number of aliphatic hydroxyl groups is 1. The molecule has 0 bridgehead atoms. The number of hydrogen-bond donors (Lipinski definition) is 1. The van der Waals surface area contributed by atoms with E-state index in [9.17, 15) is 5.11 Å². The van der Waals surface area contributed by atoms with Crippen LogP contribution in [-0.2, 0) is 15.6 Å². The van der Waals surface area contributed by atoms with Crippen LogP contribution in [0.25, 0.3) is 0 Å². The molecule has 1 N–H and O–H groups in total. The first kappa shape index (κ1) is 19.3. The Morgan fingerprint density at radius 1 is 0.483 bits per heavy atom. The maximum Gasteiger partial charge on any atom is 0.151 e. The monoisotopic (exact) mass is 396 g/mol. The van der Waals surface area contributed by atoms with Crippen LogP contribution in [0.4, 0.5) is 0 Å². The van der Waals surface area contributed by atoms with Crippen LogP contribution in [0.2, 0.25) is 0 Å². The van der Waals surface area contributed by atoms with Gasteiger partial charge in [-0.1, -0.05) is 121 Å². The molecule has 4 aromatic carbocycles. The van der Waals surface area contributed by atoms with Crippen molar-refractivity contribution in [3.05, 3.63) is 144 Å². The first-order valence-corrected chi connectivity index (χ1v) is 10.5. The lowest BCUT2D eigenvalue weighted by Gasteiger charge is -2.48. The SMILES string of the molecule is OC(c1ccccc1)(c1ccccc1)C(O[SiH3])(c1ccccc1)c1ccccc1. The normalized spacial score (nSPS) is 12.0. The fraction of sp³-hybridized carbons (Fsp3) is 0.0769. The van der Waals surface area contributed by atoms with Gasteiger partial charge in [0.1, 0.15) is 16.1 Å². The summed E-state index contributed by atoms with van der Waals surface area (Å²) in [5.74, 6) is 0. The van der Waals surface area contributed by atoms with Gasteiger partial charge in [-0.05, 0) is 22.3 Å². The highest BCUT2D eigenvalue weighted by Crippen LogP contribution is 2.51. The second kappa shape index (κ2) is 8.17. The molecule has 144 valence electrons. The van der Waals surface area contributed by atoms with Gasteiger partial charge in [0.2, 0.25) is 0 Å². The third kappa shape index (κ3) is 3.14. The van der Waals surface area contributed by atoms with E-state index < -0.39 is 11.2 Å². The van der Waals surface area contributed by atoms with Gasteiger partial charge in [0.05, 0.1) is 0 Å². The topological polar surface area (TPSA) is 29.5 Å². The molecule has 0 spiro atoms. The van der Waals surface area contributed by atoms with E-state index in [2.05, 4.69) is 0 Å². The molecule has 0 fully saturated rings. The Balaban J connectivity index is 2.13. The molecule has 0 unspecified atom stereocenters. The lowest BCUT2D eigenvalue weighted by molar-refractivity contribution is -0.0925. The van der Waals surface area contributed by atoms with Gasteiger partial charge in [-0.2, -0.15) is 0 Å². The molecule has 4 rings (SSSR count). The molecule has 0 heterocycles. The smallest absolute Gasteiger partial charge is 0.151 e. The Bertz CT molecular complexity index is 956. The van der Waals surface area contributed by atoms with Crippen LogP contribution >= 0.6 is 0 Å². The maximum absolute atomic E-state index is 12.7. The largest absolute Gasteiger partial charge is 0.412 e. The van der Waals surface area contributed by atoms with Gasteiger partial charge >= 0.3 is 0 Å². The van der Waals surface area contributed by atoms with Crippen molar-refractivity contribution in [2.75, 3.05) is 0 Å². The fourth-order valence-electron chi connectivity index (χ4n) is 4.25. The Kier molecular flexibility index (Phi) is 5.45. The molecule has 0 amide bonds. The Morgan fingerprint density at radius 3 is 1.03 bits per heavy atom. The van der Waals surface area contributed by atoms with Gasteiger partial charge in [0.15, 0.2) is 5.60 Å². The summed E-state index contributed by atoms with van der Waals surface area (Å²) in [5, 5.41) is 12.7. The van der Waals surface area contributed by atoms with E-state index in [4.69, 9.17) is 4.43 Å². The highest BCUT2D eigenvalue weighted by Gasteiger charge is 2.55. The molecule has 0 aromatic heterocycles. The number of rotatable bonds is 6. The van der Waals surface area contributed by atoms with Crippen molar-refractivity contribution in [2.24, 2.45) is 0 Å². The Morgan fingerprint density at radius 2 is 0.759 bits per heavy atom. The van der Waals surface area contributed by atoms with Crippen LogP contribution in [0.5, 0.6) is 0 Å². The zero-order valence-electron chi connectivity index (χ0n) is 16.4. The van der Waals surface area contributed by atoms with Crippen molar-refractivity contribution in [2.45, 2.75) is 11.2 Å². The molecule has 0 aliphatic carbocycles. The van der Waals surface area contributed by atoms with Crippen LogP contribution in [0.1, 0.15) is 22.3 Å². The predicted molar refractivity (Wildman–Crippen MR) is 121 cm³/mol. The third-order valence-corrected chi connectivity index (χ3v) is 6.17. The minimum Gasteiger partial charge on any atom is -0.412 e. The van der Waals surface area contributed by atoms with Gasteiger partial charge in [-0.25, -0.2) is 0 Å². The van der Waals surface area contributed by atoms with Crippen molar-refractivity contribution in [3.8, 4) is 0 Å². The van der Waals surface area contributed by atoms with E-state index in [0.29, 0.717) is 10.5 Å². The molecule has 0 aliphatic rings. The van der Waals surface area contributed by atoms with Crippen LogP contribution in [-0.4, -0.2) is 15.6 Å². The van der Waals surface area contributed by atoms with E-state index in [0.717, 1.165) is 22.3 Å². The molecule has 3 heteroatoms. The van der Waals surface area contributed by atoms with E-state index in [1.165, 1.54) is 0 Å². The fourth-order valence-corrected chi connectivity index (χ4v) is 5.01. The first-order chi connectivity index (χ1) is 14.2. The highest BCUT2D eigenvalue weighted by atomic mass is 28.2. The average Bonchev–Trinajstić information content (AvgIpc) is 2.82. The van der Waals surface area contributed by atoms with Crippen LogP contribution in [0, 0.1) is 0 Å². The summed E-state index contributed by atoms with van der Waals surface area (Å²) in [6, 6.07) is 39.7. The zero-order chi connectivity index (χ0) is 20.2. The third-order valence-electron chi connectivity index (χ3n) is 5.56. The lowest BCUT2D eigenvalue weighted by atomic mass is 9.66. The lowest BCUT2D eigenvalue weighted by Crippen LogP contribution is -2.52. The van der Waals surface area contributed by atoms with Crippen molar-refractivity contribution in [1.82, 2.24) is 0 Å². The van der Waals surface area contributed by atoms with Gasteiger partial charge in [-0.3, -0.25) is 0 Å². The van der Waals surface area contributed by atoms with Gasteiger partial charge < -0.3 is 9.53 Å². The van der Waals surface area contributed by atoms with Crippen molar-refractivity contribution in [3.63, 3.8) is 0 Å². The summed E-state index contributed by atoms with van der Waals surface area (Å²) in [5.41, 5.74) is 0.877. The number of benzene rings is 4. The molecule has 0 saturated carbocycles. The zero-order valence-corrected chi connectivity index (χ0v) is 18.4. The van der Waals surface area contributed by atoms with E-state index in [-0.39, 0.29) is 0 Å². The summed E-state index contributed by atoms with van der Waals surface area (Å²) in [6.45, 7) is 0. The quantitative estimate of drug-likeness (QED) is 0.496. The molecule has 29 heavy (non-hydrogen) atoms. The minimum atomic E-state index is -1.43. The molecular formula is C26H24O2Si. The molecule has 0 saturated heterocycles. The first-order valence-electron chi connectivity index (χ1n) is 9.73. The minimum absolute atomic E-state index is 0.439. The van der Waals surface area contributed by atoms with Crippen LogP contribution in [0.15, 0.2) is 121 Å².